The topological polar surface area (TPSA) is 358 Å². The third kappa shape index (κ3) is 7.83. The van der Waals surface area contributed by atoms with Gasteiger partial charge in [-0.1, -0.05) is 36.0 Å². The molecule has 0 radical (unpaired) electrons. The summed E-state index contributed by atoms with van der Waals surface area (Å²) in [6, 6.07) is 9.34. The summed E-state index contributed by atoms with van der Waals surface area (Å²) >= 11 is 1.02. The Kier molecular flexibility index (Phi) is 12.3. The number of fused-ring (bicyclic) bond motifs is 2. The van der Waals surface area contributed by atoms with Gasteiger partial charge in [0.05, 0.1) is 13.2 Å². The number of nitrogens with zero attached hydrogens (tertiary/aromatic N) is 6. The first-order chi connectivity index (χ1) is 30.9. The van der Waals surface area contributed by atoms with Crippen molar-refractivity contribution in [3.8, 4) is 11.5 Å². The first kappa shape index (κ1) is 45.6. The molecule has 0 bridgehead atoms. The number of benzene rings is 2. The lowest BCUT2D eigenvalue weighted by atomic mass is 9.91. The number of thioether (sulfide) groups is 1. The number of tetrazole rings is 1. The van der Waals surface area contributed by atoms with Crippen LogP contribution in [0, 0.1) is 0 Å². The number of amides is 4. The predicted molar refractivity (Wildman–Crippen MR) is 208 cm³/mol. The number of phenolic OH excluding ortho intramolecular Hbond substituents is 2. The van der Waals surface area contributed by atoms with E-state index in [1.807, 2.05) is 0 Å². The van der Waals surface area contributed by atoms with Crippen molar-refractivity contribution in [2.24, 2.45) is 7.05 Å². The van der Waals surface area contributed by atoms with Crippen LogP contribution in [0.1, 0.15) is 23.0 Å². The van der Waals surface area contributed by atoms with Gasteiger partial charge in [0, 0.05) is 32.6 Å². The Balaban J connectivity index is 1.13. The highest BCUT2D eigenvalue weighted by atomic mass is 32.2. The van der Waals surface area contributed by atoms with E-state index in [0.29, 0.717) is 4.90 Å². The van der Waals surface area contributed by atoms with Crippen molar-refractivity contribution in [2.45, 2.75) is 40.9 Å². The zero-order valence-electron chi connectivity index (χ0n) is 33.9. The molecule has 2 aromatic carbocycles. The Morgan fingerprint density at radius 2 is 1.23 bits per heavy atom. The standard InChI is InChI=1S/C38H36N8O18S/c1-44-36(41-42-43-44)65-15-19-14-64-35-38(61-3,40-27(50)23(29(53)54)17-6-10-21(48)11-7-17)33(59)46(35)25(19)31(57)62-12-18-13-63-34-37(60-2,32(58)45(34)24(18)30(55)56)39-26(49)22(28(51)52)16-4-8-20(47)9-5-16/h4-11,22-23,34-35,47-48H,12-15H2,1-3H3,(H,39,49)(H,40,50)(H,51,52)(H,53,54)(H,55,56)/t22?,23?,34-,35-,37+,38+/m1/s1. The van der Waals surface area contributed by atoms with E-state index in [9.17, 15) is 63.9 Å². The number of methoxy groups -OCH3 is 2. The van der Waals surface area contributed by atoms with Crippen LogP contribution in [0.4, 0.5) is 0 Å². The quantitative estimate of drug-likeness (QED) is 0.0251. The van der Waals surface area contributed by atoms with Crippen molar-refractivity contribution in [1.82, 2.24) is 40.6 Å². The minimum Gasteiger partial charge on any atom is -0.508 e. The van der Waals surface area contributed by atoms with E-state index in [1.165, 1.54) is 28.9 Å². The number of carboxylic acid groups (broad SMARTS) is 3. The number of hydrogen-bond donors (Lipinski definition) is 7. The number of rotatable bonds is 17. The molecule has 3 aromatic rings. The van der Waals surface area contributed by atoms with Crippen LogP contribution in [0.15, 0.2) is 76.2 Å². The maximum absolute atomic E-state index is 14.1. The van der Waals surface area contributed by atoms with E-state index >= 15 is 0 Å². The number of aryl methyl sites for hydroxylation is 1. The maximum Gasteiger partial charge on any atom is 0.355 e. The third-order valence-electron chi connectivity index (χ3n) is 10.7. The second-order valence-corrected chi connectivity index (χ2v) is 15.4. The van der Waals surface area contributed by atoms with Gasteiger partial charge in [-0.05, 0) is 51.4 Å². The lowest BCUT2D eigenvalue weighted by Gasteiger charge is -2.56. The number of β-lactam (4-membered cyclic amide) rings is 2. The Hall–Kier alpha value is -7.46. The SMILES string of the molecule is CO[C@@]1(NC(=O)C(C(=O)O)c2ccc(O)cc2)C(=O)N2C(C(=O)O)=C(COC(=O)C3=C(CSc4nnnn4C)CO[C@H]4N3C(=O)[C@]4(NC(=O)C(C(=O)O)c3ccc(O)cc3)OC)CO[C@@H]21. The van der Waals surface area contributed by atoms with Crippen LogP contribution in [0.5, 0.6) is 11.5 Å². The molecule has 4 amide bonds. The summed E-state index contributed by atoms with van der Waals surface area (Å²) < 4.78 is 29.4. The number of phenols is 2. The molecule has 5 heterocycles. The van der Waals surface area contributed by atoms with Crippen LogP contribution in [-0.2, 0) is 69.1 Å². The lowest BCUT2D eigenvalue weighted by Crippen LogP contribution is -2.83. The van der Waals surface area contributed by atoms with E-state index in [0.717, 1.165) is 55.1 Å². The van der Waals surface area contributed by atoms with E-state index in [-0.39, 0.29) is 44.7 Å². The molecule has 6 atom stereocenters. The van der Waals surface area contributed by atoms with E-state index < -0.39 is 114 Å². The number of hydrogen-bond acceptors (Lipinski definition) is 19. The highest BCUT2D eigenvalue weighted by Gasteiger charge is 2.69. The van der Waals surface area contributed by atoms with Crippen LogP contribution in [0.2, 0.25) is 0 Å². The molecule has 4 aliphatic heterocycles. The molecule has 4 aliphatic rings. The van der Waals surface area contributed by atoms with Crippen LogP contribution < -0.4 is 10.6 Å². The molecule has 65 heavy (non-hydrogen) atoms. The molecule has 2 unspecified atom stereocenters. The Bertz CT molecular complexity index is 2570. The number of aliphatic carboxylic acids is 3. The molecule has 2 fully saturated rings. The first-order valence-electron chi connectivity index (χ1n) is 18.8. The van der Waals surface area contributed by atoms with Gasteiger partial charge in [-0.2, -0.15) is 0 Å². The van der Waals surface area contributed by atoms with Gasteiger partial charge in [-0.3, -0.25) is 38.6 Å². The number of ether oxygens (including phenoxy) is 5. The molecule has 2 saturated heterocycles. The fourth-order valence-corrected chi connectivity index (χ4v) is 8.31. The number of esters is 1. The van der Waals surface area contributed by atoms with Crippen LogP contribution in [-0.4, -0.2) is 167 Å². The number of carbonyl (C=O) groups excluding carboxylic acids is 5. The number of carbonyl (C=O) groups is 8. The van der Waals surface area contributed by atoms with Crippen molar-refractivity contribution in [1.29, 1.82) is 0 Å². The van der Waals surface area contributed by atoms with Gasteiger partial charge in [-0.15, -0.1) is 5.10 Å². The molecule has 26 nitrogen and oxygen atoms in total. The molecule has 7 rings (SSSR count). The largest absolute Gasteiger partial charge is 0.508 e. The summed E-state index contributed by atoms with van der Waals surface area (Å²) in [4.78, 5) is 107. The maximum atomic E-state index is 14.1. The average molecular weight is 925 g/mol. The van der Waals surface area contributed by atoms with Gasteiger partial charge >= 0.3 is 23.9 Å². The highest BCUT2D eigenvalue weighted by molar-refractivity contribution is 7.99. The summed E-state index contributed by atoms with van der Waals surface area (Å²) in [7, 11) is 3.56. The summed E-state index contributed by atoms with van der Waals surface area (Å²) in [5, 5.41) is 65.4. The molecule has 342 valence electrons. The Labute approximate surface area is 368 Å². The smallest absolute Gasteiger partial charge is 0.355 e. The van der Waals surface area contributed by atoms with Crippen molar-refractivity contribution in [2.75, 3.05) is 39.8 Å². The zero-order chi connectivity index (χ0) is 47.1. The Morgan fingerprint density at radius 1 is 0.769 bits per heavy atom. The molecule has 1 aromatic heterocycles. The molecule has 27 heteroatoms. The Morgan fingerprint density at radius 3 is 1.65 bits per heavy atom. The number of aromatic hydroxyl groups is 2. The van der Waals surface area contributed by atoms with Crippen molar-refractivity contribution in [3.63, 3.8) is 0 Å². The van der Waals surface area contributed by atoms with Gasteiger partial charge in [0.15, 0.2) is 24.3 Å². The summed E-state index contributed by atoms with van der Waals surface area (Å²) in [6.07, 6.45) is -3.25. The van der Waals surface area contributed by atoms with Crippen molar-refractivity contribution < 1.29 is 87.6 Å². The van der Waals surface area contributed by atoms with Gasteiger partial charge in [-0.25, -0.2) is 14.3 Å². The molecular formula is C38H36N8O18S. The van der Waals surface area contributed by atoms with E-state index in [4.69, 9.17) is 23.7 Å². The van der Waals surface area contributed by atoms with Crippen molar-refractivity contribution >= 4 is 59.3 Å². The van der Waals surface area contributed by atoms with Gasteiger partial charge in [0.25, 0.3) is 23.3 Å². The number of carboxylic acids is 3. The first-order valence-corrected chi connectivity index (χ1v) is 19.8. The fourth-order valence-electron chi connectivity index (χ4n) is 7.47. The monoisotopic (exact) mass is 924 g/mol. The van der Waals surface area contributed by atoms with Gasteiger partial charge in [0.1, 0.15) is 29.5 Å². The predicted octanol–water partition coefficient (Wildman–Crippen LogP) is -2.10. The minimum atomic E-state index is -2.41. The molecule has 0 spiro atoms. The normalized spacial score (nSPS) is 23.3. The van der Waals surface area contributed by atoms with Gasteiger partial charge < -0.3 is 59.9 Å². The second kappa shape index (κ2) is 17.6. The summed E-state index contributed by atoms with van der Waals surface area (Å²) in [5.41, 5.74) is -6.25. The molecular weight excluding hydrogens is 889 g/mol. The van der Waals surface area contributed by atoms with Crippen LogP contribution in [0.3, 0.4) is 0 Å². The fraction of sp³-hybridized carbons (Fsp3) is 0.342. The number of nitrogens with one attached hydrogen (secondary N) is 2. The highest BCUT2D eigenvalue weighted by Crippen LogP contribution is 2.44. The summed E-state index contributed by atoms with van der Waals surface area (Å²) in [6.45, 7) is -1.92. The second-order valence-electron chi connectivity index (χ2n) is 14.4. The summed E-state index contributed by atoms with van der Waals surface area (Å²) in [5.74, 6) is -15.3. The van der Waals surface area contributed by atoms with E-state index in [1.54, 1.807) is 7.05 Å². The van der Waals surface area contributed by atoms with Gasteiger partial charge in [0.2, 0.25) is 17.0 Å². The minimum absolute atomic E-state index is 0.0583. The van der Waals surface area contributed by atoms with E-state index in [2.05, 4.69) is 26.2 Å². The lowest BCUT2D eigenvalue weighted by molar-refractivity contribution is -0.259. The molecule has 7 N–H and O–H groups in total. The average Bonchev–Trinajstić information content (AvgIpc) is 3.69. The number of aromatic nitrogens is 4. The van der Waals surface area contributed by atoms with Crippen molar-refractivity contribution in [3.05, 3.63) is 82.2 Å². The zero-order valence-corrected chi connectivity index (χ0v) is 34.7. The third-order valence-corrected chi connectivity index (χ3v) is 11.8. The van der Waals surface area contributed by atoms with Crippen LogP contribution in [0.25, 0.3) is 0 Å². The molecule has 0 saturated carbocycles. The van der Waals surface area contributed by atoms with Crippen LogP contribution >= 0.6 is 11.8 Å². The molecule has 0 aliphatic carbocycles.